The number of amides is 2. The Morgan fingerprint density at radius 2 is 1.94 bits per heavy atom. The van der Waals surface area contributed by atoms with Crippen molar-refractivity contribution in [1.82, 2.24) is 18.8 Å². The highest BCUT2D eigenvalue weighted by Crippen LogP contribution is 2.26. The van der Waals surface area contributed by atoms with E-state index in [4.69, 9.17) is 0 Å². The zero-order chi connectivity index (χ0) is 23.8. The SMILES string of the molecule is Cn1ccc2ccc(-c3csc(NC(=O)CNC(=O)c4ccn(S(C)(=O)=O)c4)n3)cc2c1=O. The third kappa shape index (κ3) is 4.86. The molecule has 4 rings (SSSR count). The lowest BCUT2D eigenvalue weighted by Crippen LogP contribution is -2.32. The van der Waals surface area contributed by atoms with E-state index in [9.17, 15) is 22.8 Å². The molecular formula is C21H19N5O5S2. The third-order valence-corrected chi connectivity index (χ3v) is 6.60. The number of benzene rings is 1. The number of rotatable bonds is 6. The molecule has 10 nitrogen and oxygen atoms in total. The fraction of sp³-hybridized carbons (Fsp3) is 0.143. The molecule has 0 saturated heterocycles. The molecular weight excluding hydrogens is 466 g/mol. The van der Waals surface area contributed by atoms with Crippen molar-refractivity contribution in [1.29, 1.82) is 0 Å². The van der Waals surface area contributed by atoms with Crippen LogP contribution >= 0.6 is 11.3 Å². The second-order valence-electron chi connectivity index (χ2n) is 7.30. The van der Waals surface area contributed by atoms with Crippen molar-refractivity contribution < 1.29 is 18.0 Å². The molecule has 0 bridgehead atoms. The number of aryl methyl sites for hydroxylation is 1. The summed E-state index contributed by atoms with van der Waals surface area (Å²) in [6.45, 7) is -0.316. The maximum absolute atomic E-state index is 12.4. The molecule has 0 aliphatic carbocycles. The second kappa shape index (κ2) is 8.64. The van der Waals surface area contributed by atoms with Gasteiger partial charge in [0, 0.05) is 42.0 Å². The smallest absolute Gasteiger partial charge is 0.258 e. The molecule has 0 unspecified atom stereocenters. The van der Waals surface area contributed by atoms with Gasteiger partial charge in [-0.05, 0) is 23.6 Å². The van der Waals surface area contributed by atoms with E-state index in [0.717, 1.165) is 21.2 Å². The van der Waals surface area contributed by atoms with Crippen molar-refractivity contribution in [3.63, 3.8) is 0 Å². The van der Waals surface area contributed by atoms with Crippen molar-refractivity contribution in [2.75, 3.05) is 18.1 Å². The van der Waals surface area contributed by atoms with Gasteiger partial charge in [-0.2, -0.15) is 0 Å². The van der Waals surface area contributed by atoms with Crippen LogP contribution in [0.4, 0.5) is 5.13 Å². The van der Waals surface area contributed by atoms with Crippen LogP contribution in [0.5, 0.6) is 0 Å². The lowest BCUT2D eigenvalue weighted by atomic mass is 10.1. The van der Waals surface area contributed by atoms with Crippen LogP contribution in [0.25, 0.3) is 22.0 Å². The van der Waals surface area contributed by atoms with Gasteiger partial charge in [0.2, 0.25) is 15.9 Å². The van der Waals surface area contributed by atoms with Crippen molar-refractivity contribution in [3.05, 3.63) is 70.2 Å². The summed E-state index contributed by atoms with van der Waals surface area (Å²) in [4.78, 5) is 41.1. The van der Waals surface area contributed by atoms with Crippen molar-refractivity contribution in [3.8, 4) is 11.3 Å². The van der Waals surface area contributed by atoms with E-state index in [-0.39, 0.29) is 17.7 Å². The summed E-state index contributed by atoms with van der Waals surface area (Å²) >= 11 is 1.21. The van der Waals surface area contributed by atoms with E-state index in [1.165, 1.54) is 34.4 Å². The number of fused-ring (bicyclic) bond motifs is 1. The second-order valence-corrected chi connectivity index (χ2v) is 10.0. The predicted octanol–water partition coefficient (Wildman–Crippen LogP) is 1.64. The Bertz CT molecular complexity index is 1550. The van der Waals surface area contributed by atoms with Crippen LogP contribution in [0.2, 0.25) is 0 Å². The molecule has 0 saturated carbocycles. The average Bonchev–Trinajstić information content (AvgIpc) is 3.44. The number of carbonyl (C=O) groups is 2. The van der Waals surface area contributed by atoms with Crippen molar-refractivity contribution in [2.24, 2.45) is 7.05 Å². The molecule has 2 N–H and O–H groups in total. The van der Waals surface area contributed by atoms with Crippen LogP contribution < -0.4 is 16.2 Å². The molecule has 0 spiro atoms. The highest BCUT2D eigenvalue weighted by molar-refractivity contribution is 7.89. The van der Waals surface area contributed by atoms with Crippen LogP contribution in [0.1, 0.15) is 10.4 Å². The number of aromatic nitrogens is 3. The number of carbonyl (C=O) groups excluding carboxylic acids is 2. The van der Waals surface area contributed by atoms with Crippen LogP contribution in [0.3, 0.4) is 0 Å². The minimum Gasteiger partial charge on any atom is -0.343 e. The molecule has 2 amide bonds. The van der Waals surface area contributed by atoms with Gasteiger partial charge in [-0.1, -0.05) is 12.1 Å². The average molecular weight is 486 g/mol. The maximum Gasteiger partial charge on any atom is 0.258 e. The van der Waals surface area contributed by atoms with Gasteiger partial charge in [0.15, 0.2) is 5.13 Å². The van der Waals surface area contributed by atoms with E-state index in [1.807, 2.05) is 18.2 Å². The molecule has 0 atom stereocenters. The summed E-state index contributed by atoms with van der Waals surface area (Å²) in [6.07, 6.45) is 5.15. The van der Waals surface area contributed by atoms with E-state index >= 15 is 0 Å². The first-order valence-corrected chi connectivity index (χ1v) is 12.4. The third-order valence-electron chi connectivity index (χ3n) is 4.85. The molecule has 33 heavy (non-hydrogen) atoms. The first kappa shape index (κ1) is 22.4. The predicted molar refractivity (Wildman–Crippen MR) is 126 cm³/mol. The lowest BCUT2D eigenvalue weighted by Gasteiger charge is -2.04. The van der Waals surface area contributed by atoms with Gasteiger partial charge in [-0.15, -0.1) is 11.3 Å². The highest BCUT2D eigenvalue weighted by atomic mass is 32.2. The fourth-order valence-corrected chi connectivity index (χ4v) is 4.43. The Balaban J connectivity index is 1.40. The summed E-state index contributed by atoms with van der Waals surface area (Å²) in [6, 6.07) is 8.67. The Hall–Kier alpha value is -3.77. The number of nitrogens with zero attached hydrogens (tertiary/aromatic N) is 3. The normalized spacial score (nSPS) is 11.5. The van der Waals surface area contributed by atoms with Crippen LogP contribution in [0, 0.1) is 0 Å². The maximum atomic E-state index is 12.4. The summed E-state index contributed by atoms with van der Waals surface area (Å²) in [5, 5.41) is 8.55. The number of thiazole rings is 1. The molecule has 12 heteroatoms. The Kier molecular flexibility index (Phi) is 5.87. The van der Waals surface area contributed by atoms with E-state index in [0.29, 0.717) is 16.2 Å². The minimum atomic E-state index is -3.49. The molecule has 170 valence electrons. The summed E-state index contributed by atoms with van der Waals surface area (Å²) < 4.78 is 25.4. The van der Waals surface area contributed by atoms with Gasteiger partial charge in [-0.25, -0.2) is 13.4 Å². The fourth-order valence-electron chi connectivity index (χ4n) is 3.10. The Labute approximate surface area is 192 Å². The van der Waals surface area contributed by atoms with Crippen molar-refractivity contribution in [2.45, 2.75) is 0 Å². The molecule has 3 aromatic heterocycles. The standard InChI is InChI=1S/C21H19N5O5S2/c1-25-7-5-13-3-4-14(9-16(13)20(25)29)17-12-32-21(23-17)24-18(27)10-22-19(28)15-6-8-26(11-15)33(2,30)31/h3-9,11-12H,10H2,1-2H3,(H,22,28)(H,23,24,27). The minimum absolute atomic E-state index is 0.110. The number of nitrogens with one attached hydrogen (secondary N) is 2. The van der Waals surface area contributed by atoms with Crippen LogP contribution in [-0.2, 0) is 21.9 Å². The van der Waals surface area contributed by atoms with Crippen LogP contribution in [0.15, 0.2) is 59.1 Å². The van der Waals surface area contributed by atoms with Gasteiger partial charge in [0.05, 0.1) is 24.1 Å². The van der Waals surface area contributed by atoms with Gasteiger partial charge in [0.1, 0.15) is 0 Å². The first-order valence-electron chi connectivity index (χ1n) is 9.64. The number of pyridine rings is 1. The molecule has 0 aliphatic heterocycles. The number of hydrogen-bond donors (Lipinski definition) is 2. The zero-order valence-corrected chi connectivity index (χ0v) is 19.2. The first-order chi connectivity index (χ1) is 15.6. The van der Waals surface area contributed by atoms with Crippen molar-refractivity contribution >= 4 is 49.1 Å². The lowest BCUT2D eigenvalue weighted by molar-refractivity contribution is -0.115. The van der Waals surface area contributed by atoms with E-state index < -0.39 is 21.8 Å². The Morgan fingerprint density at radius 1 is 1.15 bits per heavy atom. The van der Waals surface area contributed by atoms with E-state index in [2.05, 4.69) is 15.6 Å². The van der Waals surface area contributed by atoms with Gasteiger partial charge in [0.25, 0.3) is 11.5 Å². The molecule has 3 heterocycles. The number of hydrogen-bond acceptors (Lipinski definition) is 7. The zero-order valence-electron chi connectivity index (χ0n) is 17.6. The van der Waals surface area contributed by atoms with Crippen LogP contribution in [-0.4, -0.2) is 46.6 Å². The van der Waals surface area contributed by atoms with Gasteiger partial charge in [-0.3, -0.25) is 18.4 Å². The summed E-state index contributed by atoms with van der Waals surface area (Å²) in [5.74, 6) is -1.07. The Morgan fingerprint density at radius 3 is 2.67 bits per heavy atom. The quantitative estimate of drug-likeness (QED) is 0.427. The van der Waals surface area contributed by atoms with E-state index in [1.54, 1.807) is 24.7 Å². The summed E-state index contributed by atoms with van der Waals surface area (Å²) in [7, 11) is -1.81. The molecule has 1 aromatic carbocycles. The molecule has 0 fully saturated rings. The van der Waals surface area contributed by atoms with Gasteiger partial charge >= 0.3 is 0 Å². The van der Waals surface area contributed by atoms with Gasteiger partial charge < -0.3 is 15.2 Å². The topological polar surface area (TPSA) is 132 Å². The highest BCUT2D eigenvalue weighted by Gasteiger charge is 2.14. The molecule has 4 aromatic rings. The number of anilines is 1. The largest absolute Gasteiger partial charge is 0.343 e. The monoisotopic (exact) mass is 485 g/mol. The molecule has 0 radical (unpaired) electrons. The summed E-state index contributed by atoms with van der Waals surface area (Å²) in [5.41, 5.74) is 1.36. The molecule has 0 aliphatic rings.